The Morgan fingerprint density at radius 2 is 1.36 bits per heavy atom. The summed E-state index contributed by atoms with van der Waals surface area (Å²) >= 11 is 0. The molecule has 8 unspecified atom stereocenters. The molecule has 4 saturated heterocycles. The van der Waals surface area contributed by atoms with E-state index in [-0.39, 0.29) is 26.1 Å². The number of nitrogens with two attached hydrogens (primary N) is 2. The number of nitrogens with zero attached hydrogens (tertiary/aromatic N) is 1. The Bertz CT molecular complexity index is 1730. The highest BCUT2D eigenvalue weighted by molar-refractivity contribution is 5.71. The number of hydrogen-bond donors (Lipinski definition) is 9. The minimum atomic E-state index is -1.67. The molecule has 0 aromatic heterocycles. The van der Waals surface area contributed by atoms with Crippen LogP contribution in [-0.2, 0) is 51.1 Å². The third kappa shape index (κ3) is 9.41. The standard InChI is InChI=1S/C38H51N5O16/c1-43-25-32(58-38(43)51)31-22(54-34(25)59-35-29(48)27(46)24(40)23(14-44)55-35)13-21(42-37(50)53-16-18-10-6-3-7-11-18)33(57-31)56-30-19(39)12-20(26(45)28(30)47)41-36(49)52-15-17-8-4-2-5-9-17/h2-11,19-35,44-48H,12-16,39-40H2,1H3,(H,41,49)(H,42,50)/t19?,20-,21+,22+,23?,24-,25?,26-,27+,28?,29?,30-,31?,32?,33+,34?,35-/m1/s1. The largest absolute Gasteiger partial charge is 0.445 e. The number of fused-ring (bicyclic) bond motifs is 3. The molecule has 3 amide bonds. The van der Waals surface area contributed by atoms with Gasteiger partial charge >= 0.3 is 18.3 Å². The first-order valence-electron chi connectivity index (χ1n) is 19.3. The van der Waals surface area contributed by atoms with Gasteiger partial charge in [-0.2, -0.15) is 0 Å². The number of rotatable bonds is 11. The number of alkyl carbamates (subject to hydrolysis) is 2. The van der Waals surface area contributed by atoms with E-state index < -0.39 is 129 Å². The van der Waals surface area contributed by atoms with E-state index in [1.54, 1.807) is 48.5 Å². The molecular formula is C38H51N5O16. The van der Waals surface area contributed by atoms with E-state index in [4.69, 9.17) is 49.4 Å². The van der Waals surface area contributed by atoms with Gasteiger partial charge in [-0.1, -0.05) is 60.7 Å². The van der Waals surface area contributed by atoms with Gasteiger partial charge in [-0.25, -0.2) is 14.4 Å². The van der Waals surface area contributed by atoms with Gasteiger partial charge in [0, 0.05) is 19.5 Å². The lowest BCUT2D eigenvalue weighted by molar-refractivity contribution is -0.372. The number of carbonyl (C=O) groups is 3. The molecule has 0 bridgehead atoms. The molecule has 4 aliphatic heterocycles. The van der Waals surface area contributed by atoms with Crippen LogP contribution in [-0.4, -0.2) is 166 Å². The molecule has 7 rings (SSSR count). The number of hydrogen-bond acceptors (Lipinski definition) is 18. The van der Waals surface area contributed by atoms with Gasteiger partial charge in [0.2, 0.25) is 0 Å². The van der Waals surface area contributed by atoms with Crippen LogP contribution in [0.2, 0.25) is 0 Å². The molecule has 1 aliphatic carbocycles. The van der Waals surface area contributed by atoms with Gasteiger partial charge in [-0.3, -0.25) is 4.90 Å². The lowest BCUT2D eigenvalue weighted by Crippen LogP contribution is -2.69. The third-order valence-corrected chi connectivity index (χ3v) is 11.3. The highest BCUT2D eigenvalue weighted by Gasteiger charge is 2.61. The molecule has 21 heteroatoms. The molecule has 11 N–H and O–H groups in total. The molecular weight excluding hydrogens is 782 g/mol. The normalized spacial score (nSPS) is 39.3. The van der Waals surface area contributed by atoms with Gasteiger partial charge < -0.3 is 85.5 Å². The quantitative estimate of drug-likeness (QED) is 0.109. The Morgan fingerprint density at radius 3 is 1.97 bits per heavy atom. The Balaban J connectivity index is 1.07. The second-order valence-corrected chi connectivity index (χ2v) is 15.2. The van der Waals surface area contributed by atoms with E-state index in [9.17, 15) is 39.9 Å². The molecule has 0 radical (unpaired) electrons. The summed E-state index contributed by atoms with van der Waals surface area (Å²) in [5.74, 6) is 0. The summed E-state index contributed by atoms with van der Waals surface area (Å²) < 4.78 is 47.2. The van der Waals surface area contributed by atoms with Crippen molar-refractivity contribution in [1.29, 1.82) is 0 Å². The predicted octanol–water partition coefficient (Wildman–Crippen LogP) is -2.14. The van der Waals surface area contributed by atoms with Crippen LogP contribution in [0.15, 0.2) is 60.7 Å². The molecule has 2 aromatic rings. The lowest BCUT2D eigenvalue weighted by atomic mass is 9.84. The molecule has 2 aromatic carbocycles. The average molecular weight is 834 g/mol. The van der Waals surface area contributed by atoms with E-state index >= 15 is 0 Å². The van der Waals surface area contributed by atoms with Crippen LogP contribution < -0.4 is 22.1 Å². The van der Waals surface area contributed by atoms with Crippen molar-refractivity contribution in [1.82, 2.24) is 15.5 Å². The van der Waals surface area contributed by atoms with Crippen molar-refractivity contribution in [3.8, 4) is 0 Å². The van der Waals surface area contributed by atoms with Crippen LogP contribution in [0, 0.1) is 0 Å². The van der Waals surface area contributed by atoms with E-state index in [1.165, 1.54) is 11.9 Å². The highest BCUT2D eigenvalue weighted by Crippen LogP contribution is 2.41. The van der Waals surface area contributed by atoms with Gasteiger partial charge in [0.25, 0.3) is 0 Å². The first kappa shape index (κ1) is 42.9. The number of likely N-dealkylation sites (N-methyl/N-ethyl adjacent to an activating group) is 1. The maximum absolute atomic E-state index is 13.3. The van der Waals surface area contributed by atoms with Crippen LogP contribution in [0.5, 0.6) is 0 Å². The van der Waals surface area contributed by atoms with Crippen LogP contribution >= 0.6 is 0 Å². The van der Waals surface area contributed by atoms with Crippen LogP contribution in [0.1, 0.15) is 24.0 Å². The van der Waals surface area contributed by atoms with Gasteiger partial charge in [0.05, 0.1) is 30.8 Å². The second kappa shape index (κ2) is 18.6. The Morgan fingerprint density at radius 1 is 0.746 bits per heavy atom. The fourth-order valence-electron chi connectivity index (χ4n) is 8.01. The minimum absolute atomic E-state index is 0.0267. The Hall–Kier alpha value is -4.23. The zero-order valence-electron chi connectivity index (χ0n) is 32.0. The molecule has 21 nitrogen and oxygen atoms in total. The van der Waals surface area contributed by atoms with Gasteiger partial charge in [-0.15, -0.1) is 0 Å². The van der Waals surface area contributed by atoms with Crippen molar-refractivity contribution in [3.63, 3.8) is 0 Å². The number of amides is 3. The molecule has 0 spiro atoms. The zero-order valence-corrected chi connectivity index (χ0v) is 32.0. The highest BCUT2D eigenvalue weighted by atomic mass is 16.8. The second-order valence-electron chi connectivity index (χ2n) is 15.2. The maximum Gasteiger partial charge on any atom is 0.410 e. The maximum atomic E-state index is 13.3. The van der Waals surface area contributed by atoms with E-state index in [0.29, 0.717) is 5.56 Å². The van der Waals surface area contributed by atoms with Gasteiger partial charge in [-0.05, 0) is 17.5 Å². The average Bonchev–Trinajstić information content (AvgIpc) is 3.54. The summed E-state index contributed by atoms with van der Waals surface area (Å²) in [4.78, 5) is 40.1. The van der Waals surface area contributed by atoms with Crippen molar-refractivity contribution in [3.05, 3.63) is 71.8 Å². The Labute approximate surface area is 338 Å². The molecule has 59 heavy (non-hydrogen) atoms. The number of nitrogens with one attached hydrogen (secondary N) is 2. The van der Waals surface area contributed by atoms with Crippen LogP contribution in [0.25, 0.3) is 0 Å². The van der Waals surface area contributed by atoms with E-state index in [1.807, 2.05) is 12.1 Å². The fourth-order valence-corrected chi connectivity index (χ4v) is 8.01. The van der Waals surface area contributed by atoms with Crippen LogP contribution in [0.4, 0.5) is 14.4 Å². The lowest BCUT2D eigenvalue weighted by Gasteiger charge is -2.51. The van der Waals surface area contributed by atoms with Gasteiger partial charge in [0.15, 0.2) is 25.0 Å². The van der Waals surface area contributed by atoms with E-state index in [2.05, 4.69) is 10.6 Å². The van der Waals surface area contributed by atoms with Crippen molar-refractivity contribution < 1.29 is 77.8 Å². The summed E-state index contributed by atoms with van der Waals surface area (Å²) in [7, 11) is 1.43. The Kier molecular flexibility index (Phi) is 13.5. The molecule has 5 aliphatic rings. The number of benzene rings is 2. The summed E-state index contributed by atoms with van der Waals surface area (Å²) in [5.41, 5.74) is 13.9. The van der Waals surface area contributed by atoms with Crippen molar-refractivity contribution in [2.75, 3.05) is 13.7 Å². The van der Waals surface area contributed by atoms with Crippen molar-refractivity contribution in [2.24, 2.45) is 11.5 Å². The summed E-state index contributed by atoms with van der Waals surface area (Å²) in [5, 5.41) is 58.9. The number of aliphatic hydroxyl groups is 5. The first-order valence-corrected chi connectivity index (χ1v) is 19.3. The van der Waals surface area contributed by atoms with Gasteiger partial charge in [0.1, 0.15) is 62.0 Å². The zero-order chi connectivity index (χ0) is 42.0. The molecule has 17 atom stereocenters. The number of ether oxygens (including phenoxy) is 8. The topological polar surface area (TPSA) is 306 Å². The number of carbonyl (C=O) groups excluding carboxylic acids is 3. The van der Waals surface area contributed by atoms with Crippen LogP contribution in [0.3, 0.4) is 0 Å². The minimum Gasteiger partial charge on any atom is -0.445 e. The third-order valence-electron chi connectivity index (χ3n) is 11.3. The number of aliphatic hydroxyl groups excluding tert-OH is 5. The SMILES string of the molecule is CN1C(=O)OC2C3O[C@H](O[C@@H]4C(N)C[C@@H](NC(=O)OCc5ccccc5)[C@@H](O)C4O)[C@@H](NC(=O)OCc4ccccc4)C[C@@H]3OC(O[C@H]3OC(CO)[C@@H](N)[C@H](O)C3O)C21. The molecule has 4 heterocycles. The first-order chi connectivity index (χ1) is 28.3. The fraction of sp³-hybridized carbons (Fsp3) is 0.605. The molecule has 5 fully saturated rings. The molecule has 324 valence electrons. The monoisotopic (exact) mass is 833 g/mol. The summed E-state index contributed by atoms with van der Waals surface area (Å²) in [6.07, 6.45) is -18.9. The smallest absolute Gasteiger partial charge is 0.410 e. The summed E-state index contributed by atoms with van der Waals surface area (Å²) in [6, 6.07) is 12.6. The van der Waals surface area contributed by atoms with E-state index in [0.717, 1.165) is 5.56 Å². The summed E-state index contributed by atoms with van der Waals surface area (Å²) in [6.45, 7) is -0.696. The predicted molar refractivity (Wildman–Crippen MR) is 197 cm³/mol. The van der Waals surface area contributed by atoms with Crippen molar-refractivity contribution in [2.45, 2.75) is 130 Å². The molecule has 1 saturated carbocycles. The van der Waals surface area contributed by atoms with Crippen molar-refractivity contribution >= 4 is 18.3 Å².